The molecule has 0 aliphatic heterocycles. The average Bonchev–Trinajstić information content (AvgIpc) is 3.03. The van der Waals surface area contributed by atoms with Crippen LogP contribution < -0.4 is 16.0 Å². The van der Waals surface area contributed by atoms with Gasteiger partial charge in [0.25, 0.3) is 10.0 Å². The molecule has 0 spiro atoms. The Balaban J connectivity index is 2.02. The largest absolute Gasteiger partial charge is 0.306 e. The molecule has 0 amide bonds. The van der Waals surface area contributed by atoms with E-state index < -0.39 is 10.0 Å². The summed E-state index contributed by atoms with van der Waals surface area (Å²) >= 11 is 1.36. The number of hydrogen-bond acceptors (Lipinski definition) is 6. The second kappa shape index (κ2) is 4.94. The molecule has 2 aromatic rings. The molecule has 0 saturated heterocycles. The lowest BCUT2D eigenvalue weighted by Crippen LogP contribution is -2.42. The molecule has 1 atom stereocenters. The molecule has 1 aliphatic rings. The highest BCUT2D eigenvalue weighted by Crippen LogP contribution is 2.38. The minimum absolute atomic E-state index is 0.0399. The number of hydrogen-bond donors (Lipinski definition) is 3. The monoisotopic (exact) mass is 329 g/mol. The molecule has 0 radical (unpaired) electrons. The molecule has 21 heavy (non-hydrogen) atoms. The van der Waals surface area contributed by atoms with Crippen LogP contribution in [-0.2, 0) is 10.0 Å². The highest BCUT2D eigenvalue weighted by Gasteiger charge is 2.38. The van der Waals surface area contributed by atoms with Crippen LogP contribution in [-0.4, -0.2) is 23.8 Å². The first-order chi connectivity index (χ1) is 9.85. The van der Waals surface area contributed by atoms with Crippen LogP contribution in [0.15, 0.2) is 16.6 Å². The number of nitrogens with two attached hydrogens (primary N) is 1. The fraction of sp³-hybridized carbons (Fsp3) is 0.583. The third kappa shape index (κ3) is 2.44. The summed E-state index contributed by atoms with van der Waals surface area (Å²) in [5.41, 5.74) is 2.34. The molecule has 1 aliphatic carbocycles. The predicted molar refractivity (Wildman–Crippen MR) is 82.6 cm³/mol. The van der Waals surface area contributed by atoms with Crippen LogP contribution in [0, 0.1) is 5.41 Å². The van der Waals surface area contributed by atoms with Crippen molar-refractivity contribution in [3.8, 4) is 0 Å². The lowest BCUT2D eigenvalue weighted by atomic mass is 9.88. The topological polar surface area (TPSA) is 102 Å². The van der Waals surface area contributed by atoms with E-state index in [1.54, 1.807) is 16.0 Å². The molecular weight excluding hydrogens is 310 g/mol. The van der Waals surface area contributed by atoms with E-state index in [2.05, 4.69) is 29.0 Å². The highest BCUT2D eigenvalue weighted by molar-refractivity contribution is 7.89. The summed E-state index contributed by atoms with van der Waals surface area (Å²) in [6, 6.07) is -0.0719. The predicted octanol–water partition coefficient (Wildman–Crippen LogP) is 1.54. The van der Waals surface area contributed by atoms with Crippen LogP contribution in [0.25, 0.3) is 4.96 Å². The zero-order valence-corrected chi connectivity index (χ0v) is 13.6. The lowest BCUT2D eigenvalue weighted by molar-refractivity contribution is 0.312. The summed E-state index contributed by atoms with van der Waals surface area (Å²) in [6.07, 6.45) is 4.58. The van der Waals surface area contributed by atoms with Gasteiger partial charge < -0.3 is 5.43 Å². The van der Waals surface area contributed by atoms with E-state index in [0.29, 0.717) is 4.96 Å². The summed E-state index contributed by atoms with van der Waals surface area (Å²) in [5.74, 6) is 5.59. The quantitative estimate of drug-likeness (QED) is 0.583. The van der Waals surface area contributed by atoms with Crippen molar-refractivity contribution in [1.29, 1.82) is 0 Å². The Kier molecular flexibility index (Phi) is 3.47. The number of fused-ring (bicyclic) bond motifs is 1. The van der Waals surface area contributed by atoms with Gasteiger partial charge in [0.1, 0.15) is 0 Å². The molecule has 1 saturated carbocycles. The van der Waals surface area contributed by atoms with E-state index >= 15 is 0 Å². The summed E-state index contributed by atoms with van der Waals surface area (Å²) in [7, 11) is -3.70. The molecule has 1 fully saturated rings. The third-order valence-electron chi connectivity index (χ3n) is 4.16. The third-order valence-corrected chi connectivity index (χ3v) is 6.41. The van der Waals surface area contributed by atoms with Crippen LogP contribution in [0.1, 0.15) is 33.1 Å². The molecule has 1 unspecified atom stereocenters. The number of aromatic nitrogens is 2. The first kappa shape index (κ1) is 14.8. The zero-order valence-electron chi connectivity index (χ0n) is 12.0. The number of thiazole rings is 1. The molecule has 116 valence electrons. The fourth-order valence-corrected chi connectivity index (χ4v) is 5.36. The standard InChI is InChI=1S/C12H19N5O2S2/c1-12(2)5-3-4-8(12)16-21(18,19)10-9(15-13)14-11-17(10)6-7-20-11/h6-8,15-16H,3-5,13H2,1-2H3. The van der Waals surface area contributed by atoms with Gasteiger partial charge in [0.15, 0.2) is 10.8 Å². The van der Waals surface area contributed by atoms with Gasteiger partial charge in [-0.05, 0) is 18.3 Å². The Morgan fingerprint density at radius 1 is 1.52 bits per heavy atom. The number of nitrogens with zero attached hydrogens (tertiary/aromatic N) is 2. The van der Waals surface area contributed by atoms with E-state index in [0.717, 1.165) is 19.3 Å². The maximum atomic E-state index is 12.8. The van der Waals surface area contributed by atoms with Gasteiger partial charge in [-0.1, -0.05) is 20.3 Å². The molecule has 4 N–H and O–H groups in total. The van der Waals surface area contributed by atoms with E-state index in [4.69, 9.17) is 5.84 Å². The minimum Gasteiger partial charge on any atom is -0.306 e. The van der Waals surface area contributed by atoms with E-state index in [1.165, 1.54) is 11.3 Å². The van der Waals surface area contributed by atoms with Gasteiger partial charge in [0.2, 0.25) is 5.03 Å². The van der Waals surface area contributed by atoms with Gasteiger partial charge in [-0.15, -0.1) is 11.3 Å². The van der Waals surface area contributed by atoms with Crippen molar-refractivity contribution in [3.05, 3.63) is 11.6 Å². The van der Waals surface area contributed by atoms with Gasteiger partial charge >= 0.3 is 0 Å². The van der Waals surface area contributed by atoms with Gasteiger partial charge in [0, 0.05) is 17.6 Å². The van der Waals surface area contributed by atoms with Crippen molar-refractivity contribution in [3.63, 3.8) is 0 Å². The molecule has 7 nitrogen and oxygen atoms in total. The Hall–Kier alpha value is -1.16. The van der Waals surface area contributed by atoms with Crippen molar-refractivity contribution in [2.75, 3.05) is 5.43 Å². The molecule has 9 heteroatoms. The first-order valence-corrected chi connectivity index (χ1v) is 9.16. The summed E-state index contributed by atoms with van der Waals surface area (Å²) in [6.45, 7) is 4.18. The van der Waals surface area contributed by atoms with Crippen LogP contribution in [0.4, 0.5) is 5.82 Å². The van der Waals surface area contributed by atoms with Crippen molar-refractivity contribution >= 4 is 32.1 Å². The lowest BCUT2D eigenvalue weighted by Gasteiger charge is -2.27. The molecular formula is C12H19N5O2S2. The van der Waals surface area contributed by atoms with Crippen molar-refractivity contribution in [1.82, 2.24) is 14.1 Å². The molecule has 0 bridgehead atoms. The maximum absolute atomic E-state index is 12.8. The van der Waals surface area contributed by atoms with Crippen LogP contribution >= 0.6 is 11.3 Å². The Morgan fingerprint density at radius 2 is 2.29 bits per heavy atom. The van der Waals surface area contributed by atoms with Gasteiger partial charge in [-0.25, -0.2) is 19.0 Å². The molecule has 2 heterocycles. The molecule has 2 aromatic heterocycles. The van der Waals surface area contributed by atoms with Crippen LogP contribution in [0.2, 0.25) is 0 Å². The van der Waals surface area contributed by atoms with Gasteiger partial charge in [-0.3, -0.25) is 4.40 Å². The summed E-state index contributed by atoms with van der Waals surface area (Å²) in [4.78, 5) is 4.79. The second-order valence-corrected chi connectivity index (χ2v) is 8.52. The normalized spacial score (nSPS) is 22.0. The Morgan fingerprint density at radius 3 is 2.90 bits per heavy atom. The Bertz CT molecular complexity index is 762. The minimum atomic E-state index is -3.70. The van der Waals surface area contributed by atoms with E-state index in [9.17, 15) is 8.42 Å². The number of anilines is 1. The van der Waals surface area contributed by atoms with Crippen LogP contribution in [0.3, 0.4) is 0 Å². The smallest absolute Gasteiger partial charge is 0.260 e. The van der Waals surface area contributed by atoms with Gasteiger partial charge in [0.05, 0.1) is 0 Å². The number of imidazole rings is 1. The summed E-state index contributed by atoms with van der Waals surface area (Å²) in [5, 5.41) is 1.87. The highest BCUT2D eigenvalue weighted by atomic mass is 32.2. The number of hydrazine groups is 1. The van der Waals surface area contributed by atoms with Crippen molar-refractivity contribution in [2.45, 2.75) is 44.2 Å². The van der Waals surface area contributed by atoms with Crippen molar-refractivity contribution < 1.29 is 8.42 Å². The average molecular weight is 329 g/mol. The molecule has 0 aromatic carbocycles. The zero-order chi connectivity index (χ0) is 15.3. The van der Waals surface area contributed by atoms with E-state index in [-0.39, 0.29) is 22.3 Å². The van der Waals surface area contributed by atoms with Gasteiger partial charge in [-0.2, -0.15) is 4.98 Å². The first-order valence-electron chi connectivity index (χ1n) is 6.80. The number of nitrogen functional groups attached to an aromatic ring is 1. The fourth-order valence-electron chi connectivity index (χ4n) is 2.90. The summed E-state index contributed by atoms with van der Waals surface area (Å²) < 4.78 is 29.9. The van der Waals surface area contributed by atoms with Crippen molar-refractivity contribution in [2.24, 2.45) is 11.3 Å². The SMILES string of the molecule is CC1(C)CCCC1NS(=O)(=O)c1c(NN)nc2sccn12. The number of rotatable bonds is 4. The van der Waals surface area contributed by atoms with Crippen LogP contribution in [0.5, 0.6) is 0 Å². The second-order valence-electron chi connectivity index (χ2n) is 6.02. The maximum Gasteiger partial charge on any atom is 0.260 e. The number of sulfonamides is 1. The number of nitrogens with one attached hydrogen (secondary N) is 2. The molecule has 3 rings (SSSR count). The Labute approximate surface area is 127 Å². The van der Waals surface area contributed by atoms with E-state index in [1.807, 2.05) is 0 Å².